The van der Waals surface area contributed by atoms with E-state index in [1.54, 1.807) is 0 Å². The predicted molar refractivity (Wildman–Crippen MR) is 276 cm³/mol. The number of hydrogen-bond donors (Lipinski definition) is 0. The Morgan fingerprint density at radius 3 is 1.52 bits per heavy atom. The molecule has 0 aliphatic carbocycles. The highest BCUT2D eigenvalue weighted by atomic mass is 32.1. The van der Waals surface area contributed by atoms with Crippen molar-refractivity contribution in [2.45, 2.75) is 0 Å². The van der Waals surface area contributed by atoms with Gasteiger partial charge in [-0.3, -0.25) is 0 Å². The van der Waals surface area contributed by atoms with Crippen LogP contribution in [0.4, 0.5) is 17.1 Å². The molecule has 12 aromatic rings. The van der Waals surface area contributed by atoms with Crippen LogP contribution in [-0.2, 0) is 0 Å². The summed E-state index contributed by atoms with van der Waals surface area (Å²) in [6, 6.07) is 91.0. The second-order valence-corrected chi connectivity index (χ2v) is 17.5. The van der Waals surface area contributed by atoms with E-state index in [9.17, 15) is 0 Å². The average molecular weight is 832 g/mol. The van der Waals surface area contributed by atoms with Crippen molar-refractivity contribution in [1.82, 2.24) is 0 Å². The zero-order chi connectivity index (χ0) is 42.4. The molecule has 0 saturated heterocycles. The van der Waals surface area contributed by atoms with Crippen molar-refractivity contribution in [2.24, 2.45) is 0 Å². The van der Waals surface area contributed by atoms with Crippen LogP contribution < -0.4 is 4.90 Å². The van der Waals surface area contributed by atoms with E-state index >= 15 is 0 Å². The number of thiophene rings is 1. The van der Waals surface area contributed by atoms with Gasteiger partial charge >= 0.3 is 0 Å². The molecule has 12 rings (SSSR count). The zero-order valence-corrected chi connectivity index (χ0v) is 35.8. The van der Waals surface area contributed by atoms with Crippen LogP contribution in [0.1, 0.15) is 0 Å². The third-order valence-electron chi connectivity index (χ3n) is 12.7. The Hall–Kier alpha value is -8.04. The topological polar surface area (TPSA) is 3.24 Å². The summed E-state index contributed by atoms with van der Waals surface area (Å²) in [7, 11) is 0. The van der Waals surface area contributed by atoms with Gasteiger partial charge in [0.2, 0.25) is 0 Å². The summed E-state index contributed by atoms with van der Waals surface area (Å²) in [6.45, 7) is 0. The van der Waals surface area contributed by atoms with Crippen LogP contribution in [0.2, 0.25) is 0 Å². The number of hydrogen-bond acceptors (Lipinski definition) is 2. The lowest BCUT2D eigenvalue weighted by Gasteiger charge is -2.28. The Morgan fingerprint density at radius 1 is 0.250 bits per heavy atom. The molecule has 1 aromatic heterocycles. The van der Waals surface area contributed by atoms with Gasteiger partial charge in [0, 0.05) is 37.1 Å². The van der Waals surface area contributed by atoms with E-state index in [0.29, 0.717) is 0 Å². The number of rotatable bonds is 8. The molecule has 1 heterocycles. The van der Waals surface area contributed by atoms with Crippen molar-refractivity contribution in [3.63, 3.8) is 0 Å². The molecule has 0 N–H and O–H groups in total. The third kappa shape index (κ3) is 6.73. The summed E-state index contributed by atoms with van der Waals surface area (Å²) < 4.78 is 2.62. The number of fused-ring (bicyclic) bond motifs is 5. The lowest BCUT2D eigenvalue weighted by molar-refractivity contribution is 1.28. The Labute approximate surface area is 377 Å². The van der Waals surface area contributed by atoms with Gasteiger partial charge in [0.25, 0.3) is 0 Å². The normalized spacial score (nSPS) is 11.4. The largest absolute Gasteiger partial charge is 0.310 e. The Kier molecular flexibility index (Phi) is 9.43. The van der Waals surface area contributed by atoms with Crippen LogP contribution >= 0.6 is 11.3 Å². The number of benzene rings is 11. The van der Waals surface area contributed by atoms with Gasteiger partial charge in [0.15, 0.2) is 0 Å². The fourth-order valence-corrected chi connectivity index (χ4v) is 10.7. The SMILES string of the molecule is c1cc(-c2ccccc2-c2cccc3ccccc23)cc(N(c2ccc(-c3ccc(-c4cccc5ccccc45)cc3)cc2)c2ccccc2-c2ccc3sc4ccccc4c3c2)c1. The van der Waals surface area contributed by atoms with Crippen molar-refractivity contribution in [1.29, 1.82) is 0 Å². The fraction of sp³-hybridized carbons (Fsp3) is 0. The summed E-state index contributed by atoms with van der Waals surface area (Å²) >= 11 is 1.86. The monoisotopic (exact) mass is 831 g/mol. The molecule has 0 radical (unpaired) electrons. The van der Waals surface area contributed by atoms with E-state index < -0.39 is 0 Å². The van der Waals surface area contributed by atoms with Gasteiger partial charge in [-0.2, -0.15) is 0 Å². The first-order valence-corrected chi connectivity index (χ1v) is 22.7. The van der Waals surface area contributed by atoms with Crippen LogP contribution in [0, 0.1) is 0 Å². The van der Waals surface area contributed by atoms with Gasteiger partial charge < -0.3 is 4.90 Å². The van der Waals surface area contributed by atoms with E-state index in [2.05, 4.69) is 254 Å². The predicted octanol–water partition coefficient (Wildman–Crippen LogP) is 18.2. The number of para-hydroxylation sites is 1. The Balaban J connectivity index is 0.980. The Bertz CT molecular complexity index is 3660. The minimum absolute atomic E-state index is 1.09. The molecular weight excluding hydrogens is 791 g/mol. The molecule has 64 heavy (non-hydrogen) atoms. The van der Waals surface area contributed by atoms with E-state index in [0.717, 1.165) is 22.6 Å². The lowest BCUT2D eigenvalue weighted by Crippen LogP contribution is -2.11. The highest BCUT2D eigenvalue weighted by Crippen LogP contribution is 2.45. The molecule has 0 saturated carbocycles. The maximum atomic E-state index is 2.43. The molecule has 0 unspecified atom stereocenters. The maximum absolute atomic E-state index is 2.43. The molecule has 0 atom stereocenters. The van der Waals surface area contributed by atoms with Crippen molar-refractivity contribution < 1.29 is 0 Å². The summed E-state index contributed by atoms with van der Waals surface area (Å²) in [4.78, 5) is 2.43. The standard InChI is InChI=1S/C62H41NS/c1-3-20-51-44(14-1)16-12-26-52(51)46-32-30-42(31-33-46)43-34-37-49(38-35-43)63(60-28-9-7-23-55(60)48-36-39-62-59(41-48)58-25-8-10-29-61(58)64-62)50-19-11-18-47(40-50)54-22-5-6-24-56(54)57-27-13-17-45-15-2-4-21-53(45)57/h1-41H. The smallest absolute Gasteiger partial charge is 0.0540 e. The van der Waals surface area contributed by atoms with Crippen LogP contribution in [-0.4, -0.2) is 0 Å². The first kappa shape index (κ1) is 37.7. The van der Waals surface area contributed by atoms with Gasteiger partial charge in [0.05, 0.1) is 5.69 Å². The molecule has 0 fully saturated rings. The molecule has 0 amide bonds. The summed E-state index contributed by atoms with van der Waals surface area (Å²) in [5.41, 5.74) is 15.3. The summed E-state index contributed by atoms with van der Waals surface area (Å²) in [5, 5.41) is 7.62. The molecule has 0 bridgehead atoms. The number of nitrogens with zero attached hydrogens (tertiary/aromatic N) is 1. The van der Waals surface area contributed by atoms with E-state index in [1.807, 2.05) is 11.3 Å². The molecule has 1 nitrogen and oxygen atoms in total. The quantitative estimate of drug-likeness (QED) is 0.147. The molecule has 300 valence electrons. The van der Waals surface area contributed by atoms with Crippen molar-refractivity contribution in [3.8, 4) is 55.6 Å². The van der Waals surface area contributed by atoms with Crippen LogP contribution in [0.3, 0.4) is 0 Å². The fourth-order valence-electron chi connectivity index (χ4n) is 9.60. The van der Waals surface area contributed by atoms with E-state index in [-0.39, 0.29) is 0 Å². The molecular formula is C62H41NS. The molecule has 11 aromatic carbocycles. The average Bonchev–Trinajstić information content (AvgIpc) is 3.75. The van der Waals surface area contributed by atoms with Crippen molar-refractivity contribution in [2.75, 3.05) is 4.90 Å². The minimum Gasteiger partial charge on any atom is -0.310 e. The minimum atomic E-state index is 1.09. The van der Waals surface area contributed by atoms with Gasteiger partial charge in [-0.05, 0) is 120 Å². The van der Waals surface area contributed by atoms with Gasteiger partial charge in [-0.15, -0.1) is 11.3 Å². The van der Waals surface area contributed by atoms with Crippen LogP contribution in [0.25, 0.3) is 97.4 Å². The Morgan fingerprint density at radius 2 is 0.750 bits per heavy atom. The number of anilines is 3. The highest BCUT2D eigenvalue weighted by molar-refractivity contribution is 7.25. The van der Waals surface area contributed by atoms with E-state index in [1.165, 1.54) is 91.8 Å². The highest BCUT2D eigenvalue weighted by Gasteiger charge is 2.20. The maximum Gasteiger partial charge on any atom is 0.0540 e. The van der Waals surface area contributed by atoms with Gasteiger partial charge in [-0.25, -0.2) is 0 Å². The van der Waals surface area contributed by atoms with Crippen molar-refractivity contribution in [3.05, 3.63) is 249 Å². The van der Waals surface area contributed by atoms with Crippen LogP contribution in [0.15, 0.2) is 249 Å². The van der Waals surface area contributed by atoms with E-state index in [4.69, 9.17) is 0 Å². The zero-order valence-electron chi connectivity index (χ0n) is 35.0. The summed E-state index contributed by atoms with van der Waals surface area (Å²) in [6.07, 6.45) is 0. The second-order valence-electron chi connectivity index (χ2n) is 16.4. The second kappa shape index (κ2) is 16.0. The third-order valence-corrected chi connectivity index (χ3v) is 13.9. The van der Waals surface area contributed by atoms with Crippen molar-refractivity contribution >= 4 is 70.1 Å². The first-order chi connectivity index (χ1) is 31.7. The van der Waals surface area contributed by atoms with Gasteiger partial charge in [-0.1, -0.05) is 200 Å². The first-order valence-electron chi connectivity index (χ1n) is 21.9. The van der Waals surface area contributed by atoms with Crippen LogP contribution in [0.5, 0.6) is 0 Å². The molecule has 0 aliphatic rings. The lowest BCUT2D eigenvalue weighted by atomic mass is 9.91. The van der Waals surface area contributed by atoms with Gasteiger partial charge in [0.1, 0.15) is 0 Å². The molecule has 2 heteroatoms. The summed E-state index contributed by atoms with van der Waals surface area (Å²) in [5.74, 6) is 0. The molecule has 0 spiro atoms. The molecule has 0 aliphatic heterocycles.